The molecule has 8 rings (SSSR count). The van der Waals surface area contributed by atoms with E-state index in [2.05, 4.69) is 129 Å². The van der Waals surface area contributed by atoms with Gasteiger partial charge in [-0.25, -0.2) is 0 Å². The molecule has 2 unspecified atom stereocenters. The first-order valence-electron chi connectivity index (χ1n) is 20.9. The number of hydrogen-bond donors (Lipinski definition) is 0. The summed E-state index contributed by atoms with van der Waals surface area (Å²) in [4.78, 5) is 0. The fourth-order valence-electron chi connectivity index (χ4n) is 11.6. The van der Waals surface area contributed by atoms with Crippen LogP contribution in [0, 0.1) is 39.5 Å². The molecule has 54 heavy (non-hydrogen) atoms. The maximum absolute atomic E-state index is 3.88. The van der Waals surface area contributed by atoms with Crippen LogP contribution in [0.3, 0.4) is 0 Å². The van der Waals surface area contributed by atoms with Crippen LogP contribution in [0.15, 0.2) is 83.9 Å². The van der Waals surface area contributed by atoms with E-state index in [1.165, 1.54) is 122 Å². The molecule has 286 valence electrons. The molecule has 0 bridgehead atoms. The number of allylic oxidation sites excluding steroid dienone is 2. The third-order valence-electron chi connectivity index (χ3n) is 14.1. The fourth-order valence-corrected chi connectivity index (χ4v) is 31.4. The molecule has 0 saturated heterocycles. The third kappa shape index (κ3) is 7.82. The SMILES string of the molecule is Cc1ccc(-c2ccc(C)c3c2C=C(CC2CCCCC2)[CH]3[Zr]([CH3])([CH3])(=[SiH2])[CH]2C(CC3CCCCC3)=Cc3c(-c4ccc(C)cc4)ccc(C)c32)cc1.Cl.Cl. The predicted octanol–water partition coefficient (Wildman–Crippen LogP) is 14.9. The summed E-state index contributed by atoms with van der Waals surface area (Å²) in [6.45, 7) is 11.9. The van der Waals surface area contributed by atoms with Crippen molar-refractivity contribution in [2.45, 2.75) is 121 Å². The summed E-state index contributed by atoms with van der Waals surface area (Å²) in [7, 11) is 0. The summed E-state index contributed by atoms with van der Waals surface area (Å²) in [5.41, 5.74) is 21.4. The first kappa shape index (κ1) is 41.7. The molecule has 0 N–H and O–H groups in total. The Morgan fingerprint density at radius 3 is 1.20 bits per heavy atom. The Hall–Kier alpha value is -1.96. The van der Waals surface area contributed by atoms with Gasteiger partial charge in [0.15, 0.2) is 0 Å². The molecule has 4 aromatic rings. The number of hydrogen-bond acceptors (Lipinski definition) is 0. The minimum Gasteiger partial charge on any atom is -0.147 e. The van der Waals surface area contributed by atoms with Gasteiger partial charge in [-0.2, -0.15) is 0 Å². The largest absolute Gasteiger partial charge is 0.147 e. The van der Waals surface area contributed by atoms with Crippen molar-refractivity contribution in [3.05, 3.63) is 128 Å². The van der Waals surface area contributed by atoms with Crippen molar-refractivity contribution in [3.8, 4) is 22.3 Å². The summed E-state index contributed by atoms with van der Waals surface area (Å²) in [6.07, 6.45) is 22.3. The van der Waals surface area contributed by atoms with E-state index in [1.54, 1.807) is 33.4 Å². The summed E-state index contributed by atoms with van der Waals surface area (Å²) < 4.78 is 6.96. The second-order valence-electron chi connectivity index (χ2n) is 18.9. The zero-order chi connectivity index (χ0) is 36.2. The average Bonchev–Trinajstić information content (AvgIpc) is 3.72. The van der Waals surface area contributed by atoms with Crippen molar-refractivity contribution in [1.29, 1.82) is 0 Å². The third-order valence-corrected chi connectivity index (χ3v) is 31.5. The van der Waals surface area contributed by atoms with Crippen molar-refractivity contribution >= 4 is 43.8 Å². The van der Waals surface area contributed by atoms with Crippen LogP contribution in [-0.4, -0.2) is 6.88 Å². The molecule has 0 heterocycles. The molecule has 4 aromatic carbocycles. The Morgan fingerprint density at radius 2 is 0.852 bits per heavy atom. The van der Waals surface area contributed by atoms with Crippen molar-refractivity contribution in [2.24, 2.45) is 11.8 Å². The van der Waals surface area contributed by atoms with Crippen LogP contribution in [-0.2, 0) is 17.4 Å². The van der Waals surface area contributed by atoms with E-state index in [0.29, 0.717) is 7.25 Å². The summed E-state index contributed by atoms with van der Waals surface area (Å²) in [5, 5.41) is 0. The molecular formula is C50H64Cl2SiZr. The molecule has 2 atom stereocenters. The van der Waals surface area contributed by atoms with E-state index in [4.69, 9.17) is 0 Å². The van der Waals surface area contributed by atoms with Gasteiger partial charge in [-0.3, -0.25) is 0 Å². The minimum absolute atomic E-state index is 0. The number of fused-ring (bicyclic) bond motifs is 2. The number of rotatable bonds is 8. The van der Waals surface area contributed by atoms with E-state index >= 15 is 0 Å². The Morgan fingerprint density at radius 1 is 0.500 bits per heavy atom. The monoisotopic (exact) mass is 852 g/mol. The second kappa shape index (κ2) is 16.5. The van der Waals surface area contributed by atoms with Crippen LogP contribution < -0.4 is 0 Å². The van der Waals surface area contributed by atoms with E-state index < -0.39 is 17.4 Å². The fraction of sp³-hybridized carbons (Fsp3) is 0.440. The van der Waals surface area contributed by atoms with E-state index in [9.17, 15) is 0 Å². The first-order chi connectivity index (χ1) is 25.0. The van der Waals surface area contributed by atoms with Gasteiger partial charge in [-0.1, -0.05) is 0 Å². The summed E-state index contributed by atoms with van der Waals surface area (Å²) in [6, 6.07) is 28.5. The van der Waals surface area contributed by atoms with Gasteiger partial charge in [-0.05, 0) is 0 Å². The van der Waals surface area contributed by atoms with Gasteiger partial charge in [0, 0.05) is 0 Å². The van der Waals surface area contributed by atoms with Gasteiger partial charge in [0.1, 0.15) is 0 Å². The van der Waals surface area contributed by atoms with Crippen LogP contribution in [0.5, 0.6) is 0 Å². The standard InChI is InChI=1S/2C24H27.2CH3.2ClH.H2Si.Zr/c2*1-17-8-11-21(12-9-17)22-13-10-18(2)23-15-20(16-24(22)23)14-19-6-4-3-5-7-19;;;;;;/h2*8-13,15-16,19H,3-7,14H2,1-2H3;2*1H3;2*1H;1H2;. The predicted molar refractivity (Wildman–Crippen MR) is 241 cm³/mol. The topological polar surface area (TPSA) is 0 Å². The van der Waals surface area contributed by atoms with Crippen molar-refractivity contribution in [2.75, 3.05) is 0 Å². The van der Waals surface area contributed by atoms with Crippen LogP contribution >= 0.6 is 24.8 Å². The maximum atomic E-state index is 2.92. The summed E-state index contributed by atoms with van der Waals surface area (Å²) in [5.74, 6) is 1.66. The molecule has 0 radical (unpaired) electrons. The smallest absolute Gasteiger partial charge is 0.147 e. The molecule has 0 aliphatic heterocycles. The molecule has 0 spiro atoms. The molecule has 2 saturated carbocycles. The normalized spacial score (nSPS) is 20.4. The molecule has 4 heteroatoms. The molecule has 0 aromatic heterocycles. The van der Waals surface area contributed by atoms with Crippen LogP contribution in [0.2, 0.25) is 9.26 Å². The van der Waals surface area contributed by atoms with Gasteiger partial charge < -0.3 is 0 Å². The molecular weight excluding hydrogens is 791 g/mol. The average molecular weight is 855 g/mol. The quantitative estimate of drug-likeness (QED) is 0.155. The van der Waals surface area contributed by atoms with Crippen LogP contribution in [0.1, 0.15) is 129 Å². The molecule has 4 aliphatic rings. The van der Waals surface area contributed by atoms with Crippen LogP contribution in [0.4, 0.5) is 0 Å². The molecule has 0 nitrogen and oxygen atoms in total. The molecule has 0 amide bonds. The number of halogens is 2. The second-order valence-corrected chi connectivity index (χ2v) is 49.4. The zero-order valence-electron chi connectivity index (χ0n) is 33.9. The summed E-state index contributed by atoms with van der Waals surface area (Å²) >= 11 is -3.88. The van der Waals surface area contributed by atoms with Gasteiger partial charge in [0.25, 0.3) is 0 Å². The maximum Gasteiger partial charge on any atom is -0.147 e. The van der Waals surface area contributed by atoms with Crippen LogP contribution in [0.25, 0.3) is 34.4 Å². The van der Waals surface area contributed by atoms with Gasteiger partial charge in [0.2, 0.25) is 0 Å². The molecule has 4 aliphatic carbocycles. The Balaban J connectivity index is 0.00000249. The van der Waals surface area contributed by atoms with Gasteiger partial charge in [-0.15, -0.1) is 24.8 Å². The minimum atomic E-state index is -3.88. The number of benzene rings is 4. The molecule has 2 fully saturated rings. The van der Waals surface area contributed by atoms with E-state index in [0.717, 1.165) is 11.8 Å². The van der Waals surface area contributed by atoms with Gasteiger partial charge >= 0.3 is 320 Å². The zero-order valence-corrected chi connectivity index (χ0v) is 39.4. The number of aryl methyl sites for hydroxylation is 4. The Kier molecular flexibility index (Phi) is 12.7. The Labute approximate surface area is 342 Å². The van der Waals surface area contributed by atoms with Crippen molar-refractivity contribution < 1.29 is 17.4 Å². The van der Waals surface area contributed by atoms with E-state index in [-0.39, 0.29) is 24.8 Å². The van der Waals surface area contributed by atoms with Gasteiger partial charge in [0.05, 0.1) is 0 Å². The van der Waals surface area contributed by atoms with E-state index in [1.807, 2.05) is 0 Å². The van der Waals surface area contributed by atoms with Crippen molar-refractivity contribution in [1.82, 2.24) is 0 Å². The first-order valence-corrected chi connectivity index (χ1v) is 34.5. The Bertz CT molecular complexity index is 1970. The van der Waals surface area contributed by atoms with Crippen molar-refractivity contribution in [3.63, 3.8) is 0 Å².